The van der Waals surface area contributed by atoms with Crippen molar-refractivity contribution in [3.05, 3.63) is 41.7 Å². The molecule has 1 heterocycles. The lowest BCUT2D eigenvalue weighted by molar-refractivity contribution is 0.102. The van der Waals surface area contributed by atoms with Crippen LogP contribution in [0.3, 0.4) is 0 Å². The summed E-state index contributed by atoms with van der Waals surface area (Å²) in [5.41, 5.74) is 1.39. The van der Waals surface area contributed by atoms with Crippen molar-refractivity contribution in [2.24, 2.45) is 0 Å². The number of carbonyl (C=O) groups is 2. The van der Waals surface area contributed by atoms with Gasteiger partial charge in [-0.15, -0.1) is 0 Å². The molecule has 0 bridgehead atoms. The Kier molecular flexibility index (Phi) is 5.07. The smallest absolute Gasteiger partial charge is 0.315 e. The van der Waals surface area contributed by atoms with Crippen molar-refractivity contribution in [2.45, 2.75) is 26.4 Å². The number of hydrogen-bond acceptors (Lipinski definition) is 4. The van der Waals surface area contributed by atoms with Crippen molar-refractivity contribution in [3.8, 4) is 0 Å². The van der Waals surface area contributed by atoms with Crippen LogP contribution in [0.25, 0.3) is 0 Å². The Labute approximate surface area is 127 Å². The summed E-state index contributed by atoms with van der Waals surface area (Å²) in [6.45, 7) is 4.17. The highest BCUT2D eigenvalue weighted by Crippen LogP contribution is 2.06. The first-order valence-corrected chi connectivity index (χ1v) is 6.84. The Hall–Kier alpha value is -2.90. The number of amides is 3. The van der Waals surface area contributed by atoms with Crippen molar-refractivity contribution >= 4 is 17.9 Å². The minimum atomic E-state index is -0.284. The Bertz CT molecular complexity index is 621. The van der Waals surface area contributed by atoms with Gasteiger partial charge in [0.1, 0.15) is 6.33 Å². The molecule has 116 valence electrons. The molecule has 3 amide bonds. The minimum Gasteiger partial charge on any atom is -0.336 e. The highest BCUT2D eigenvalue weighted by Gasteiger charge is 2.08. The second kappa shape index (κ2) is 7.21. The van der Waals surface area contributed by atoms with E-state index >= 15 is 0 Å². The molecule has 0 unspecified atom stereocenters. The van der Waals surface area contributed by atoms with Crippen LogP contribution in [0, 0.1) is 0 Å². The number of aromatic amines is 1. The van der Waals surface area contributed by atoms with Gasteiger partial charge in [-0.1, -0.05) is 12.1 Å². The fraction of sp³-hybridized carbons (Fsp3) is 0.286. The lowest BCUT2D eigenvalue weighted by Gasteiger charge is -2.10. The van der Waals surface area contributed by atoms with Gasteiger partial charge >= 0.3 is 6.03 Å². The highest BCUT2D eigenvalue weighted by molar-refractivity contribution is 6.03. The summed E-state index contributed by atoms with van der Waals surface area (Å²) in [6, 6.07) is 6.80. The van der Waals surface area contributed by atoms with E-state index in [1.807, 2.05) is 13.8 Å². The summed E-state index contributed by atoms with van der Waals surface area (Å²) >= 11 is 0. The highest BCUT2D eigenvalue weighted by atomic mass is 16.2. The van der Waals surface area contributed by atoms with Crippen molar-refractivity contribution < 1.29 is 9.59 Å². The number of aromatic nitrogens is 3. The third-order valence-electron chi connectivity index (χ3n) is 2.74. The van der Waals surface area contributed by atoms with E-state index in [-0.39, 0.29) is 18.0 Å². The molecule has 4 N–H and O–H groups in total. The number of urea groups is 1. The fourth-order valence-corrected chi connectivity index (χ4v) is 1.71. The van der Waals surface area contributed by atoms with E-state index in [0.717, 1.165) is 5.56 Å². The Morgan fingerprint density at radius 2 is 1.95 bits per heavy atom. The molecule has 0 saturated heterocycles. The summed E-state index contributed by atoms with van der Waals surface area (Å²) < 4.78 is 0. The number of anilines is 1. The van der Waals surface area contributed by atoms with E-state index in [2.05, 4.69) is 31.1 Å². The zero-order valence-corrected chi connectivity index (χ0v) is 12.4. The predicted molar refractivity (Wildman–Crippen MR) is 81.3 cm³/mol. The number of H-pyrrole nitrogens is 1. The molecule has 8 heteroatoms. The van der Waals surface area contributed by atoms with Gasteiger partial charge < -0.3 is 10.6 Å². The van der Waals surface area contributed by atoms with Crippen LogP contribution in [0.1, 0.15) is 29.8 Å². The number of benzene rings is 1. The third-order valence-corrected chi connectivity index (χ3v) is 2.74. The maximum absolute atomic E-state index is 11.9. The second-order valence-corrected chi connectivity index (χ2v) is 4.97. The van der Waals surface area contributed by atoms with Crippen molar-refractivity contribution in [1.29, 1.82) is 0 Å². The van der Waals surface area contributed by atoms with Gasteiger partial charge in [-0.25, -0.2) is 9.89 Å². The minimum absolute atomic E-state index is 0.0853. The first-order valence-electron chi connectivity index (χ1n) is 6.84. The maximum Gasteiger partial charge on any atom is 0.315 e. The van der Waals surface area contributed by atoms with Crippen molar-refractivity contribution in [3.63, 3.8) is 0 Å². The van der Waals surface area contributed by atoms with E-state index in [4.69, 9.17) is 0 Å². The lowest BCUT2D eigenvalue weighted by Crippen LogP contribution is -2.39. The standard InChI is InChI=1S/C14H18N6O2/c1-9(2)18-14(22)15-7-10-3-5-11(6-4-10)12(21)19-13-16-8-17-20-13/h3-6,8-9H,7H2,1-2H3,(H2,15,18,22)(H2,16,17,19,20,21). The summed E-state index contributed by atoms with van der Waals surface area (Å²) in [4.78, 5) is 27.2. The normalized spacial score (nSPS) is 10.3. The van der Waals surface area contributed by atoms with Gasteiger partial charge in [-0.2, -0.15) is 10.1 Å². The van der Waals surface area contributed by atoms with Gasteiger partial charge in [0.25, 0.3) is 5.91 Å². The SMILES string of the molecule is CC(C)NC(=O)NCc1ccc(C(=O)Nc2ncn[nH]2)cc1. The van der Waals surface area contributed by atoms with Crippen molar-refractivity contribution in [1.82, 2.24) is 25.8 Å². The molecule has 0 aliphatic heterocycles. The second-order valence-electron chi connectivity index (χ2n) is 4.97. The third kappa shape index (κ3) is 4.58. The van der Waals surface area contributed by atoms with E-state index in [1.54, 1.807) is 24.3 Å². The van der Waals surface area contributed by atoms with Crippen molar-refractivity contribution in [2.75, 3.05) is 5.32 Å². The van der Waals surface area contributed by atoms with Gasteiger partial charge in [0.15, 0.2) is 0 Å². The topological polar surface area (TPSA) is 112 Å². The first kappa shape index (κ1) is 15.5. The van der Waals surface area contributed by atoms with Crippen LogP contribution in [0.2, 0.25) is 0 Å². The predicted octanol–water partition coefficient (Wildman–Crippen LogP) is 1.26. The van der Waals surface area contributed by atoms with Crippen LogP contribution in [-0.2, 0) is 6.54 Å². The molecule has 0 aliphatic carbocycles. The Balaban J connectivity index is 1.87. The Morgan fingerprint density at radius 1 is 1.23 bits per heavy atom. The number of nitrogens with one attached hydrogen (secondary N) is 4. The molecule has 2 aromatic rings. The molecule has 0 spiro atoms. The molecule has 0 radical (unpaired) electrons. The van der Waals surface area contributed by atoms with Gasteiger partial charge in [0.05, 0.1) is 0 Å². The molecular weight excluding hydrogens is 284 g/mol. The summed E-state index contributed by atoms with van der Waals surface area (Å²) in [7, 11) is 0. The Morgan fingerprint density at radius 3 is 2.55 bits per heavy atom. The van der Waals surface area contributed by atoms with Gasteiger partial charge in [0, 0.05) is 18.2 Å². The molecule has 0 saturated carbocycles. The molecule has 8 nitrogen and oxygen atoms in total. The molecule has 2 rings (SSSR count). The number of hydrogen-bond donors (Lipinski definition) is 4. The quantitative estimate of drug-likeness (QED) is 0.666. The summed E-state index contributed by atoms with van der Waals surface area (Å²) in [5.74, 6) is 0.00918. The molecule has 22 heavy (non-hydrogen) atoms. The summed E-state index contributed by atoms with van der Waals surface area (Å²) in [5, 5.41) is 14.3. The molecule has 0 atom stereocenters. The lowest BCUT2D eigenvalue weighted by atomic mass is 10.1. The average Bonchev–Trinajstić information content (AvgIpc) is 2.98. The number of rotatable bonds is 5. The van der Waals surface area contributed by atoms with Crippen LogP contribution in [-0.4, -0.2) is 33.2 Å². The number of nitrogens with zero attached hydrogens (tertiary/aromatic N) is 2. The fourth-order valence-electron chi connectivity index (χ4n) is 1.71. The van der Waals surface area contributed by atoms with Crippen LogP contribution < -0.4 is 16.0 Å². The zero-order chi connectivity index (χ0) is 15.9. The van der Waals surface area contributed by atoms with Gasteiger partial charge in [-0.3, -0.25) is 10.1 Å². The van der Waals surface area contributed by atoms with Gasteiger partial charge in [-0.05, 0) is 31.5 Å². The molecule has 1 aromatic carbocycles. The monoisotopic (exact) mass is 302 g/mol. The molecule has 1 aromatic heterocycles. The van der Waals surface area contributed by atoms with E-state index < -0.39 is 0 Å². The molecular formula is C14H18N6O2. The van der Waals surface area contributed by atoms with Crippen LogP contribution in [0.15, 0.2) is 30.6 Å². The van der Waals surface area contributed by atoms with Gasteiger partial charge in [0.2, 0.25) is 5.95 Å². The maximum atomic E-state index is 11.9. The van der Waals surface area contributed by atoms with E-state index in [1.165, 1.54) is 6.33 Å². The van der Waals surface area contributed by atoms with Crippen LogP contribution in [0.5, 0.6) is 0 Å². The largest absolute Gasteiger partial charge is 0.336 e. The van der Waals surface area contributed by atoms with Crippen LogP contribution in [0.4, 0.5) is 10.7 Å². The zero-order valence-electron chi connectivity index (χ0n) is 12.4. The van der Waals surface area contributed by atoms with E-state index in [9.17, 15) is 9.59 Å². The number of carbonyl (C=O) groups excluding carboxylic acids is 2. The van der Waals surface area contributed by atoms with E-state index in [0.29, 0.717) is 18.1 Å². The average molecular weight is 302 g/mol. The summed E-state index contributed by atoms with van der Waals surface area (Å²) in [6.07, 6.45) is 1.31. The first-order chi connectivity index (χ1) is 10.5. The molecule has 0 aliphatic rings. The van der Waals surface area contributed by atoms with Crippen LogP contribution >= 0.6 is 0 Å². The molecule has 0 fully saturated rings.